The minimum Gasteiger partial charge on any atom is -0.489 e. The van der Waals surface area contributed by atoms with Crippen molar-refractivity contribution in [3.8, 4) is 17.2 Å². The summed E-state index contributed by atoms with van der Waals surface area (Å²) in [6.45, 7) is 2.15. The van der Waals surface area contributed by atoms with Gasteiger partial charge in [-0.3, -0.25) is 4.79 Å². The maximum Gasteiger partial charge on any atom is 0.256 e. The predicted molar refractivity (Wildman–Crippen MR) is 111 cm³/mol. The van der Waals surface area contributed by atoms with E-state index in [4.69, 9.17) is 18.9 Å². The molecule has 0 unspecified atom stereocenters. The first-order valence-corrected chi connectivity index (χ1v) is 9.37. The van der Waals surface area contributed by atoms with E-state index in [-0.39, 0.29) is 25.1 Å². The van der Waals surface area contributed by atoms with Crippen LogP contribution in [0, 0.1) is 0 Å². The second kappa shape index (κ2) is 9.35. The summed E-state index contributed by atoms with van der Waals surface area (Å²) >= 11 is 0. The molecule has 156 valence electrons. The van der Waals surface area contributed by atoms with Gasteiger partial charge in [-0.1, -0.05) is 12.1 Å². The second-order valence-corrected chi connectivity index (χ2v) is 6.91. The van der Waals surface area contributed by atoms with Crippen LogP contribution in [-0.4, -0.2) is 38.5 Å². The molecule has 0 atom stereocenters. The van der Waals surface area contributed by atoms with Gasteiger partial charge >= 0.3 is 0 Å². The molecule has 0 bridgehead atoms. The Hall–Kier alpha value is -2.48. The summed E-state index contributed by atoms with van der Waals surface area (Å²) in [4.78, 5) is 12.8. The van der Waals surface area contributed by atoms with Crippen molar-refractivity contribution in [2.24, 2.45) is 0 Å². The van der Waals surface area contributed by atoms with E-state index in [9.17, 15) is 4.79 Å². The zero-order chi connectivity index (χ0) is 19.4. The minimum absolute atomic E-state index is 0. The summed E-state index contributed by atoms with van der Waals surface area (Å²) in [6, 6.07) is 13.1. The third-order valence-corrected chi connectivity index (χ3v) is 5.15. The highest BCUT2D eigenvalue weighted by molar-refractivity contribution is 5.97. The van der Waals surface area contributed by atoms with Crippen molar-refractivity contribution in [3.63, 3.8) is 0 Å². The van der Waals surface area contributed by atoms with Gasteiger partial charge in [-0.05, 0) is 55.8 Å². The van der Waals surface area contributed by atoms with Gasteiger partial charge in [0.1, 0.15) is 18.0 Å². The summed E-state index contributed by atoms with van der Waals surface area (Å²) in [7, 11) is 1.60. The largest absolute Gasteiger partial charge is 0.489 e. The number of methoxy groups -OCH3 is 1. The van der Waals surface area contributed by atoms with E-state index < -0.39 is 5.60 Å². The molecule has 29 heavy (non-hydrogen) atoms. The number of hydrogen-bond donors (Lipinski definition) is 2. The van der Waals surface area contributed by atoms with Gasteiger partial charge < -0.3 is 29.6 Å². The van der Waals surface area contributed by atoms with Crippen molar-refractivity contribution in [2.45, 2.75) is 25.0 Å². The fourth-order valence-electron chi connectivity index (χ4n) is 3.47. The quantitative estimate of drug-likeness (QED) is 0.747. The third kappa shape index (κ3) is 4.75. The Labute approximate surface area is 176 Å². The molecule has 0 radical (unpaired) electrons. The fraction of sp³-hybridized carbons (Fsp3) is 0.381. The highest BCUT2D eigenvalue weighted by Gasteiger charge is 2.39. The number of piperidine rings is 1. The van der Waals surface area contributed by atoms with Crippen LogP contribution in [0.4, 0.5) is 5.69 Å². The fourth-order valence-corrected chi connectivity index (χ4v) is 3.47. The SMILES string of the molecule is COC1(C(=O)Nc2cccc(COc3ccc4c(c3)OCO4)c2)CCNCC1.Cl. The molecule has 0 aliphatic carbocycles. The summed E-state index contributed by atoms with van der Waals surface area (Å²) in [5.74, 6) is 2.00. The zero-order valence-electron chi connectivity index (χ0n) is 16.2. The van der Waals surface area contributed by atoms with Crippen LogP contribution in [0.2, 0.25) is 0 Å². The molecule has 7 nitrogen and oxygen atoms in total. The molecular formula is C21H25ClN2O5. The van der Waals surface area contributed by atoms with Crippen molar-refractivity contribution in [3.05, 3.63) is 48.0 Å². The van der Waals surface area contributed by atoms with Gasteiger partial charge in [-0.25, -0.2) is 0 Å². The highest BCUT2D eigenvalue weighted by atomic mass is 35.5. The molecule has 2 aromatic rings. The molecule has 0 spiro atoms. The Morgan fingerprint density at radius 3 is 2.72 bits per heavy atom. The first-order valence-electron chi connectivity index (χ1n) is 9.37. The number of benzene rings is 2. The Morgan fingerprint density at radius 2 is 1.93 bits per heavy atom. The van der Waals surface area contributed by atoms with Gasteiger partial charge in [0.25, 0.3) is 5.91 Å². The summed E-state index contributed by atoms with van der Waals surface area (Å²) < 4.78 is 22.1. The molecule has 1 amide bonds. The molecular weight excluding hydrogens is 396 g/mol. The standard InChI is InChI=1S/C21H24N2O5.ClH/c1-25-21(7-9-22-10-8-21)20(24)23-16-4-2-3-15(11-16)13-26-17-5-6-18-19(12-17)28-14-27-18;/h2-6,11-12,22H,7-10,13-14H2,1H3,(H,23,24);1H. The van der Waals surface area contributed by atoms with Gasteiger partial charge in [-0.15, -0.1) is 12.4 Å². The Kier molecular flexibility index (Phi) is 6.84. The molecule has 4 rings (SSSR count). The normalized spacial score (nSPS) is 16.6. The molecule has 2 aromatic carbocycles. The van der Waals surface area contributed by atoms with Gasteiger partial charge in [0.15, 0.2) is 11.5 Å². The lowest BCUT2D eigenvalue weighted by molar-refractivity contribution is -0.140. The number of carbonyl (C=O) groups excluding carboxylic acids is 1. The van der Waals surface area contributed by atoms with Crippen LogP contribution in [0.3, 0.4) is 0 Å². The lowest BCUT2D eigenvalue weighted by Gasteiger charge is -2.34. The molecule has 1 saturated heterocycles. The number of anilines is 1. The number of ether oxygens (including phenoxy) is 4. The summed E-state index contributed by atoms with van der Waals surface area (Å²) in [5.41, 5.74) is 0.906. The van der Waals surface area contributed by atoms with Crippen molar-refractivity contribution < 1.29 is 23.7 Å². The monoisotopic (exact) mass is 420 g/mol. The van der Waals surface area contributed by atoms with Gasteiger partial charge in [0.05, 0.1) is 0 Å². The van der Waals surface area contributed by atoms with Crippen LogP contribution in [0.1, 0.15) is 18.4 Å². The van der Waals surface area contributed by atoms with E-state index in [1.807, 2.05) is 42.5 Å². The number of carbonyl (C=O) groups is 1. The van der Waals surface area contributed by atoms with Crippen LogP contribution < -0.4 is 24.8 Å². The molecule has 2 heterocycles. The molecule has 2 N–H and O–H groups in total. The average molecular weight is 421 g/mol. The molecule has 0 aromatic heterocycles. The molecule has 1 fully saturated rings. The maximum atomic E-state index is 12.8. The molecule has 2 aliphatic rings. The Balaban J connectivity index is 0.00000240. The number of hydrogen-bond acceptors (Lipinski definition) is 6. The van der Waals surface area contributed by atoms with Gasteiger partial charge in [-0.2, -0.15) is 0 Å². The first kappa shape index (κ1) is 21.2. The van der Waals surface area contributed by atoms with Crippen LogP contribution in [0.15, 0.2) is 42.5 Å². The Bertz CT molecular complexity index is 855. The minimum atomic E-state index is -0.774. The van der Waals surface area contributed by atoms with Gasteiger partial charge in [0, 0.05) is 18.9 Å². The van der Waals surface area contributed by atoms with Crippen molar-refractivity contribution in [1.82, 2.24) is 5.32 Å². The van der Waals surface area contributed by atoms with E-state index in [0.29, 0.717) is 30.9 Å². The lowest BCUT2D eigenvalue weighted by Crippen LogP contribution is -2.51. The van der Waals surface area contributed by atoms with Crippen LogP contribution in [-0.2, 0) is 16.1 Å². The van der Waals surface area contributed by atoms with Crippen LogP contribution in [0.25, 0.3) is 0 Å². The number of rotatable bonds is 6. The van der Waals surface area contributed by atoms with Crippen molar-refractivity contribution in [2.75, 3.05) is 32.3 Å². The Morgan fingerprint density at radius 1 is 1.14 bits per heavy atom. The van der Waals surface area contributed by atoms with E-state index in [0.717, 1.165) is 30.1 Å². The average Bonchev–Trinajstić information content (AvgIpc) is 3.21. The summed E-state index contributed by atoms with van der Waals surface area (Å²) in [5, 5.41) is 6.25. The van der Waals surface area contributed by atoms with E-state index in [2.05, 4.69) is 10.6 Å². The number of amides is 1. The number of nitrogens with one attached hydrogen (secondary N) is 2. The highest BCUT2D eigenvalue weighted by Crippen LogP contribution is 2.35. The maximum absolute atomic E-state index is 12.8. The molecule has 2 aliphatic heterocycles. The smallest absolute Gasteiger partial charge is 0.256 e. The van der Waals surface area contributed by atoms with Crippen LogP contribution >= 0.6 is 12.4 Å². The van der Waals surface area contributed by atoms with Crippen molar-refractivity contribution in [1.29, 1.82) is 0 Å². The van der Waals surface area contributed by atoms with Crippen LogP contribution in [0.5, 0.6) is 17.2 Å². The topological polar surface area (TPSA) is 78.1 Å². The molecule has 8 heteroatoms. The summed E-state index contributed by atoms with van der Waals surface area (Å²) in [6.07, 6.45) is 1.31. The van der Waals surface area contributed by atoms with E-state index in [1.54, 1.807) is 7.11 Å². The number of halogens is 1. The number of fused-ring (bicyclic) bond motifs is 1. The lowest BCUT2D eigenvalue weighted by atomic mass is 9.91. The predicted octanol–water partition coefficient (Wildman–Crippen LogP) is 3.12. The first-order chi connectivity index (χ1) is 13.7. The van der Waals surface area contributed by atoms with E-state index >= 15 is 0 Å². The third-order valence-electron chi connectivity index (χ3n) is 5.15. The molecule has 0 saturated carbocycles. The van der Waals surface area contributed by atoms with Gasteiger partial charge in [0.2, 0.25) is 6.79 Å². The zero-order valence-corrected chi connectivity index (χ0v) is 17.1. The second-order valence-electron chi connectivity index (χ2n) is 6.91. The van der Waals surface area contributed by atoms with Crippen molar-refractivity contribution >= 4 is 24.0 Å². The van der Waals surface area contributed by atoms with E-state index in [1.165, 1.54) is 0 Å².